The number of carbonyl (C=O) groups excluding carboxylic acids is 2. The zero-order valence-corrected chi connectivity index (χ0v) is 14.2. The third-order valence-electron chi connectivity index (χ3n) is 3.23. The number of methoxy groups -OCH3 is 1. The molecule has 9 heteroatoms. The van der Waals surface area contributed by atoms with Crippen molar-refractivity contribution in [1.82, 2.24) is 14.9 Å². The molecule has 2 N–H and O–H groups in total. The zero-order valence-electron chi connectivity index (χ0n) is 12.7. The SMILES string of the molecule is COC(=O)c1cn(CC(=O)NC(CO)c2cccc(Cl)c2Cl)cn1. The Morgan fingerprint density at radius 3 is 2.83 bits per heavy atom. The molecule has 1 atom stereocenters. The molecule has 128 valence electrons. The van der Waals surface area contributed by atoms with E-state index < -0.39 is 12.0 Å². The van der Waals surface area contributed by atoms with Crippen molar-refractivity contribution in [3.63, 3.8) is 0 Å². The Hall–Kier alpha value is -2.09. The van der Waals surface area contributed by atoms with E-state index in [1.54, 1.807) is 18.2 Å². The van der Waals surface area contributed by atoms with E-state index in [0.29, 0.717) is 10.6 Å². The minimum absolute atomic E-state index is 0.0846. The van der Waals surface area contributed by atoms with Gasteiger partial charge in [-0.3, -0.25) is 4.79 Å². The fraction of sp³-hybridized carbons (Fsp3) is 0.267. The van der Waals surface area contributed by atoms with Crippen molar-refractivity contribution in [1.29, 1.82) is 0 Å². The quantitative estimate of drug-likeness (QED) is 0.755. The van der Waals surface area contributed by atoms with Crippen LogP contribution < -0.4 is 5.32 Å². The smallest absolute Gasteiger partial charge is 0.358 e. The van der Waals surface area contributed by atoms with Crippen LogP contribution in [0.4, 0.5) is 0 Å². The van der Waals surface area contributed by atoms with Crippen LogP contribution in [-0.2, 0) is 16.1 Å². The first-order valence-corrected chi connectivity index (χ1v) is 7.66. The maximum absolute atomic E-state index is 12.1. The molecular formula is C15H15Cl2N3O4. The lowest BCUT2D eigenvalue weighted by Crippen LogP contribution is -2.33. The van der Waals surface area contributed by atoms with Gasteiger partial charge in [0.1, 0.15) is 6.54 Å². The molecule has 0 radical (unpaired) electrons. The average molecular weight is 372 g/mol. The topological polar surface area (TPSA) is 93.5 Å². The predicted octanol–water partition coefficient (Wildman–Crippen LogP) is 1.83. The van der Waals surface area contributed by atoms with Crippen molar-refractivity contribution < 1.29 is 19.4 Å². The van der Waals surface area contributed by atoms with Gasteiger partial charge in [-0.15, -0.1) is 0 Å². The minimum atomic E-state index is -0.702. The number of esters is 1. The van der Waals surface area contributed by atoms with Crippen LogP contribution in [0.25, 0.3) is 0 Å². The summed E-state index contributed by atoms with van der Waals surface area (Å²) in [7, 11) is 1.24. The van der Waals surface area contributed by atoms with Crippen LogP contribution >= 0.6 is 23.2 Å². The van der Waals surface area contributed by atoms with Crippen molar-refractivity contribution in [3.05, 3.63) is 52.0 Å². The zero-order chi connectivity index (χ0) is 17.7. The molecule has 2 aromatic rings. The number of rotatable bonds is 6. The number of amides is 1. The molecule has 2 rings (SSSR count). The third kappa shape index (κ3) is 4.25. The number of imidazole rings is 1. The van der Waals surface area contributed by atoms with Gasteiger partial charge < -0.3 is 19.7 Å². The molecule has 7 nitrogen and oxygen atoms in total. The van der Waals surface area contributed by atoms with E-state index in [4.69, 9.17) is 23.2 Å². The Balaban J connectivity index is 2.06. The molecule has 1 aromatic heterocycles. The van der Waals surface area contributed by atoms with Crippen LogP contribution in [0.1, 0.15) is 22.1 Å². The predicted molar refractivity (Wildman–Crippen MR) is 88.0 cm³/mol. The largest absolute Gasteiger partial charge is 0.464 e. The lowest BCUT2D eigenvalue weighted by atomic mass is 10.1. The molecule has 24 heavy (non-hydrogen) atoms. The summed E-state index contributed by atoms with van der Waals surface area (Å²) in [4.78, 5) is 27.3. The summed E-state index contributed by atoms with van der Waals surface area (Å²) in [6.07, 6.45) is 2.73. The number of ether oxygens (including phenoxy) is 1. The summed E-state index contributed by atoms with van der Waals surface area (Å²) in [6, 6.07) is 4.26. The minimum Gasteiger partial charge on any atom is -0.464 e. The van der Waals surface area contributed by atoms with Crippen LogP contribution in [0, 0.1) is 0 Å². The van der Waals surface area contributed by atoms with Crippen LogP contribution in [0.15, 0.2) is 30.7 Å². The highest BCUT2D eigenvalue weighted by atomic mass is 35.5. The molecule has 0 bridgehead atoms. The molecule has 1 aromatic carbocycles. The maximum Gasteiger partial charge on any atom is 0.358 e. The second kappa shape index (κ2) is 8.14. The molecule has 0 aliphatic carbocycles. The van der Waals surface area contributed by atoms with E-state index in [-0.39, 0.29) is 29.8 Å². The Morgan fingerprint density at radius 1 is 1.42 bits per heavy atom. The first-order valence-electron chi connectivity index (χ1n) is 6.90. The van der Waals surface area contributed by atoms with E-state index in [0.717, 1.165) is 0 Å². The summed E-state index contributed by atoms with van der Waals surface area (Å²) in [6.45, 7) is -0.429. The summed E-state index contributed by atoms with van der Waals surface area (Å²) < 4.78 is 5.97. The highest BCUT2D eigenvalue weighted by molar-refractivity contribution is 6.42. The van der Waals surface area contributed by atoms with Crippen LogP contribution in [0.2, 0.25) is 10.0 Å². The van der Waals surface area contributed by atoms with Gasteiger partial charge in [0, 0.05) is 6.20 Å². The molecule has 0 saturated heterocycles. The van der Waals surface area contributed by atoms with Crippen molar-refractivity contribution in [3.8, 4) is 0 Å². The standard InChI is InChI=1S/C15H15Cl2N3O4/c1-24-15(23)11-5-20(8-18-11)6-13(22)19-12(7-21)9-3-2-4-10(16)14(9)17/h2-5,8,12,21H,6-7H2,1H3,(H,19,22). The fourth-order valence-corrected chi connectivity index (χ4v) is 2.51. The highest BCUT2D eigenvalue weighted by Gasteiger charge is 2.18. The van der Waals surface area contributed by atoms with E-state index in [2.05, 4.69) is 15.0 Å². The van der Waals surface area contributed by atoms with Crippen molar-refractivity contribution >= 4 is 35.1 Å². The molecule has 0 fully saturated rings. The van der Waals surface area contributed by atoms with Gasteiger partial charge in [0.2, 0.25) is 5.91 Å². The Morgan fingerprint density at radius 2 is 2.17 bits per heavy atom. The lowest BCUT2D eigenvalue weighted by molar-refractivity contribution is -0.122. The number of nitrogens with zero attached hydrogens (tertiary/aromatic N) is 2. The highest BCUT2D eigenvalue weighted by Crippen LogP contribution is 2.29. The molecule has 0 aliphatic rings. The van der Waals surface area contributed by atoms with Gasteiger partial charge in [-0.25, -0.2) is 9.78 Å². The summed E-state index contributed by atoms with van der Waals surface area (Å²) in [5.74, 6) is -0.980. The van der Waals surface area contributed by atoms with E-state index in [1.165, 1.54) is 24.2 Å². The van der Waals surface area contributed by atoms with Gasteiger partial charge in [0.05, 0.1) is 36.1 Å². The maximum atomic E-state index is 12.1. The number of aliphatic hydroxyl groups is 1. The average Bonchev–Trinajstić information content (AvgIpc) is 3.03. The third-order valence-corrected chi connectivity index (χ3v) is 4.06. The number of hydrogen-bond acceptors (Lipinski definition) is 5. The number of aliphatic hydroxyl groups excluding tert-OH is 1. The number of halogens is 2. The van der Waals surface area contributed by atoms with Gasteiger partial charge in [-0.2, -0.15) is 0 Å². The van der Waals surface area contributed by atoms with Gasteiger partial charge in [0.25, 0.3) is 0 Å². The molecule has 0 saturated carbocycles. The van der Waals surface area contributed by atoms with Crippen LogP contribution in [0.3, 0.4) is 0 Å². The molecule has 1 unspecified atom stereocenters. The lowest BCUT2D eigenvalue weighted by Gasteiger charge is -2.18. The number of nitrogens with one attached hydrogen (secondary N) is 1. The van der Waals surface area contributed by atoms with Crippen molar-refractivity contribution in [2.24, 2.45) is 0 Å². The van der Waals surface area contributed by atoms with E-state index in [1.807, 2.05) is 0 Å². The molecule has 1 amide bonds. The van der Waals surface area contributed by atoms with E-state index in [9.17, 15) is 14.7 Å². The molecule has 0 spiro atoms. The van der Waals surface area contributed by atoms with Gasteiger partial charge >= 0.3 is 5.97 Å². The summed E-state index contributed by atoms with van der Waals surface area (Å²) in [5, 5.41) is 12.8. The van der Waals surface area contributed by atoms with Gasteiger partial charge in [-0.05, 0) is 11.6 Å². The first-order chi connectivity index (χ1) is 11.5. The van der Waals surface area contributed by atoms with Crippen LogP contribution in [0.5, 0.6) is 0 Å². The van der Waals surface area contributed by atoms with E-state index >= 15 is 0 Å². The van der Waals surface area contributed by atoms with Gasteiger partial charge in [-0.1, -0.05) is 35.3 Å². The molecule has 1 heterocycles. The Labute approximate surface area is 148 Å². The summed E-state index contributed by atoms with van der Waals surface area (Å²) >= 11 is 12.0. The summed E-state index contributed by atoms with van der Waals surface area (Å²) in [5.41, 5.74) is 0.614. The normalized spacial score (nSPS) is 11.8. The Kier molecular flexibility index (Phi) is 6.19. The number of hydrogen-bond donors (Lipinski definition) is 2. The van der Waals surface area contributed by atoms with Crippen molar-refractivity contribution in [2.75, 3.05) is 13.7 Å². The van der Waals surface area contributed by atoms with Crippen molar-refractivity contribution in [2.45, 2.75) is 12.6 Å². The molecular weight excluding hydrogens is 357 g/mol. The second-order valence-electron chi connectivity index (χ2n) is 4.87. The number of benzene rings is 1. The fourth-order valence-electron chi connectivity index (χ4n) is 2.07. The monoisotopic (exact) mass is 371 g/mol. The van der Waals surface area contributed by atoms with Gasteiger partial charge in [0.15, 0.2) is 5.69 Å². The second-order valence-corrected chi connectivity index (χ2v) is 5.65. The first kappa shape index (κ1) is 18.3. The molecule has 0 aliphatic heterocycles. The van der Waals surface area contributed by atoms with Crippen LogP contribution in [-0.4, -0.2) is 40.3 Å². The Bertz CT molecular complexity index is 748. The number of carbonyl (C=O) groups is 2. The number of aromatic nitrogens is 2.